The fourth-order valence-electron chi connectivity index (χ4n) is 1.15. The van der Waals surface area contributed by atoms with Gasteiger partial charge in [-0.05, 0) is 28.7 Å². The number of hydrogen-bond acceptors (Lipinski definition) is 1. The summed E-state index contributed by atoms with van der Waals surface area (Å²) in [7, 11) is 0. The molecule has 3 heteroatoms. The largest absolute Gasteiger partial charge is 0.273 e. The molecule has 56 valence electrons. The number of fused-ring (bicyclic) bond motifs is 1. The highest BCUT2D eigenvalue weighted by Gasteiger charge is 2.14. The summed E-state index contributed by atoms with van der Waals surface area (Å²) in [6.07, 6.45) is 0. The standard InChI is InChI=1S/C8H5ClIN/c9-7-3-1-2-5-6(7)4-11-8(5)10/h1-3H,4H2. The second kappa shape index (κ2) is 2.75. The molecule has 0 atom stereocenters. The zero-order valence-corrected chi connectivity index (χ0v) is 8.56. The third-order valence-electron chi connectivity index (χ3n) is 1.72. The average Bonchev–Trinajstić information content (AvgIpc) is 2.35. The van der Waals surface area contributed by atoms with Crippen molar-refractivity contribution in [2.45, 2.75) is 6.54 Å². The van der Waals surface area contributed by atoms with E-state index in [1.165, 1.54) is 11.1 Å². The van der Waals surface area contributed by atoms with Crippen molar-refractivity contribution in [2.75, 3.05) is 0 Å². The van der Waals surface area contributed by atoms with E-state index in [9.17, 15) is 0 Å². The van der Waals surface area contributed by atoms with Gasteiger partial charge in [-0.25, -0.2) is 0 Å². The van der Waals surface area contributed by atoms with Crippen molar-refractivity contribution in [1.29, 1.82) is 0 Å². The van der Waals surface area contributed by atoms with Crippen LogP contribution in [0.2, 0.25) is 5.02 Å². The Morgan fingerprint density at radius 2 is 2.27 bits per heavy atom. The van der Waals surface area contributed by atoms with Crippen molar-refractivity contribution in [3.63, 3.8) is 0 Å². The first-order valence-corrected chi connectivity index (χ1v) is 4.72. The zero-order valence-electron chi connectivity index (χ0n) is 5.64. The minimum absolute atomic E-state index is 0.743. The Morgan fingerprint density at radius 3 is 3.00 bits per heavy atom. The lowest BCUT2D eigenvalue weighted by Gasteiger charge is -1.98. The highest BCUT2D eigenvalue weighted by molar-refractivity contribution is 14.1. The van der Waals surface area contributed by atoms with E-state index >= 15 is 0 Å². The topological polar surface area (TPSA) is 12.4 Å². The number of halogens is 2. The number of benzene rings is 1. The van der Waals surface area contributed by atoms with E-state index < -0.39 is 0 Å². The maximum absolute atomic E-state index is 5.96. The molecule has 0 aromatic heterocycles. The molecule has 1 heterocycles. The molecular weight excluding hydrogens is 272 g/mol. The summed E-state index contributed by atoms with van der Waals surface area (Å²) < 4.78 is 1.07. The predicted molar refractivity (Wildman–Crippen MR) is 55.7 cm³/mol. The van der Waals surface area contributed by atoms with E-state index in [0.717, 1.165) is 15.3 Å². The molecule has 0 saturated heterocycles. The van der Waals surface area contributed by atoms with Gasteiger partial charge >= 0.3 is 0 Å². The molecule has 11 heavy (non-hydrogen) atoms. The van der Waals surface area contributed by atoms with E-state index in [-0.39, 0.29) is 0 Å². The first kappa shape index (κ1) is 7.55. The lowest BCUT2D eigenvalue weighted by molar-refractivity contribution is 1.11. The van der Waals surface area contributed by atoms with Gasteiger partial charge in [-0.3, -0.25) is 4.99 Å². The molecule has 0 unspecified atom stereocenters. The Kier molecular flexibility index (Phi) is 1.89. The Bertz CT molecular complexity index is 333. The van der Waals surface area contributed by atoms with Crippen molar-refractivity contribution in [1.82, 2.24) is 0 Å². The molecule has 2 rings (SSSR count). The van der Waals surface area contributed by atoms with Crippen LogP contribution in [0.1, 0.15) is 11.1 Å². The Morgan fingerprint density at radius 1 is 1.45 bits per heavy atom. The second-order valence-corrected chi connectivity index (χ2v) is 3.80. The van der Waals surface area contributed by atoms with Crippen molar-refractivity contribution >= 4 is 37.9 Å². The number of rotatable bonds is 0. The van der Waals surface area contributed by atoms with Gasteiger partial charge in [-0.15, -0.1) is 0 Å². The van der Waals surface area contributed by atoms with E-state index in [2.05, 4.69) is 33.6 Å². The molecule has 0 fully saturated rings. The molecule has 1 aromatic carbocycles. The fourth-order valence-corrected chi connectivity index (χ4v) is 2.06. The molecular formula is C8H5ClIN. The van der Waals surface area contributed by atoms with Gasteiger partial charge in [0.1, 0.15) is 3.72 Å². The van der Waals surface area contributed by atoms with Crippen molar-refractivity contribution in [2.24, 2.45) is 4.99 Å². The van der Waals surface area contributed by atoms with Gasteiger partial charge in [0.05, 0.1) is 6.54 Å². The van der Waals surface area contributed by atoms with Crippen LogP contribution in [0, 0.1) is 0 Å². The highest BCUT2D eigenvalue weighted by atomic mass is 127. The second-order valence-electron chi connectivity index (χ2n) is 2.37. The lowest BCUT2D eigenvalue weighted by Crippen LogP contribution is -1.87. The Balaban J connectivity index is 2.64. The molecule has 0 saturated carbocycles. The summed E-state index contributed by atoms with van der Waals surface area (Å²) in [5.74, 6) is 0. The minimum atomic E-state index is 0.743. The number of hydrogen-bond donors (Lipinski definition) is 0. The van der Waals surface area contributed by atoms with Crippen LogP contribution in [0.25, 0.3) is 0 Å². The summed E-state index contributed by atoms with van der Waals surface area (Å²) in [4.78, 5) is 4.28. The minimum Gasteiger partial charge on any atom is -0.273 e. The summed E-state index contributed by atoms with van der Waals surface area (Å²) in [5, 5.41) is 0.831. The van der Waals surface area contributed by atoms with Crippen LogP contribution in [0.5, 0.6) is 0 Å². The van der Waals surface area contributed by atoms with E-state index in [1.54, 1.807) is 0 Å². The summed E-state index contributed by atoms with van der Waals surface area (Å²) >= 11 is 8.19. The quantitative estimate of drug-likeness (QED) is 0.646. The fraction of sp³-hybridized carbons (Fsp3) is 0.125. The maximum Gasteiger partial charge on any atom is 0.103 e. The zero-order chi connectivity index (χ0) is 7.84. The third-order valence-corrected chi connectivity index (χ3v) is 2.99. The van der Waals surface area contributed by atoms with Crippen molar-refractivity contribution in [3.8, 4) is 0 Å². The molecule has 1 aliphatic rings. The Hall–Kier alpha value is -0.0900. The molecule has 0 spiro atoms. The monoisotopic (exact) mass is 277 g/mol. The van der Waals surface area contributed by atoms with Crippen LogP contribution in [0.15, 0.2) is 23.2 Å². The van der Waals surface area contributed by atoms with Gasteiger partial charge < -0.3 is 0 Å². The molecule has 0 radical (unpaired) electrons. The van der Waals surface area contributed by atoms with Crippen LogP contribution in [0.3, 0.4) is 0 Å². The first-order chi connectivity index (χ1) is 5.29. The smallest absolute Gasteiger partial charge is 0.103 e. The van der Waals surface area contributed by atoms with Crippen molar-refractivity contribution in [3.05, 3.63) is 34.3 Å². The van der Waals surface area contributed by atoms with Crippen molar-refractivity contribution < 1.29 is 0 Å². The van der Waals surface area contributed by atoms with Gasteiger partial charge in [-0.2, -0.15) is 0 Å². The molecule has 1 nitrogen and oxygen atoms in total. The van der Waals surface area contributed by atoms with E-state index in [0.29, 0.717) is 0 Å². The highest BCUT2D eigenvalue weighted by Crippen LogP contribution is 2.28. The van der Waals surface area contributed by atoms with Crippen LogP contribution < -0.4 is 0 Å². The maximum atomic E-state index is 5.96. The number of nitrogens with zero attached hydrogens (tertiary/aromatic N) is 1. The lowest BCUT2D eigenvalue weighted by atomic mass is 10.1. The summed E-state index contributed by atoms with van der Waals surface area (Å²) in [6, 6.07) is 5.92. The van der Waals surface area contributed by atoms with Crippen LogP contribution in [-0.2, 0) is 6.54 Å². The molecule has 1 aliphatic heterocycles. The van der Waals surface area contributed by atoms with Crippen LogP contribution >= 0.6 is 34.2 Å². The van der Waals surface area contributed by atoms with Gasteiger partial charge in [0.25, 0.3) is 0 Å². The van der Waals surface area contributed by atoms with Crippen LogP contribution in [0.4, 0.5) is 0 Å². The van der Waals surface area contributed by atoms with E-state index in [1.807, 2.05) is 12.1 Å². The molecule has 0 aliphatic carbocycles. The number of aliphatic imine (C=N–C) groups is 1. The van der Waals surface area contributed by atoms with Gasteiger partial charge in [-0.1, -0.05) is 23.7 Å². The Labute approximate surface area is 83.6 Å². The third kappa shape index (κ3) is 1.18. The molecule has 0 bridgehead atoms. The molecule has 1 aromatic rings. The molecule has 0 N–H and O–H groups in total. The van der Waals surface area contributed by atoms with Gasteiger partial charge in [0.2, 0.25) is 0 Å². The normalized spacial score (nSPS) is 14.5. The van der Waals surface area contributed by atoms with E-state index in [4.69, 9.17) is 11.6 Å². The SMILES string of the molecule is Clc1cccc2c1CN=C2I. The summed E-state index contributed by atoms with van der Waals surface area (Å²) in [5.41, 5.74) is 2.36. The van der Waals surface area contributed by atoms with Gasteiger partial charge in [0.15, 0.2) is 0 Å². The van der Waals surface area contributed by atoms with Gasteiger partial charge in [0, 0.05) is 16.1 Å². The molecule has 0 amide bonds. The van der Waals surface area contributed by atoms with Crippen LogP contribution in [-0.4, -0.2) is 3.72 Å². The first-order valence-electron chi connectivity index (χ1n) is 3.27. The summed E-state index contributed by atoms with van der Waals surface area (Å²) in [6.45, 7) is 0.743. The average molecular weight is 277 g/mol. The predicted octanol–water partition coefficient (Wildman–Crippen LogP) is 3.04.